The third-order valence-corrected chi connectivity index (χ3v) is 4.35. The molecule has 1 N–H and O–H groups in total. The van der Waals surface area contributed by atoms with E-state index in [4.69, 9.17) is 0 Å². The summed E-state index contributed by atoms with van der Waals surface area (Å²) in [4.78, 5) is 0.524. The normalized spacial score (nSPS) is 30.5. The molecule has 2 rings (SSSR count). The van der Waals surface area contributed by atoms with E-state index in [2.05, 4.69) is 17.1 Å². The van der Waals surface area contributed by atoms with Gasteiger partial charge in [0.15, 0.2) is 0 Å². The maximum atomic E-state index is 3.67. The molecule has 0 aromatic rings. The van der Waals surface area contributed by atoms with Crippen molar-refractivity contribution in [3.8, 4) is 0 Å². The Morgan fingerprint density at radius 3 is 2.27 bits per heavy atom. The fourth-order valence-corrected chi connectivity index (χ4v) is 3.57. The molecule has 0 radical (unpaired) electrons. The minimum Gasteiger partial charge on any atom is -0.302 e. The van der Waals surface area contributed by atoms with Crippen molar-refractivity contribution in [1.82, 2.24) is 5.32 Å². The van der Waals surface area contributed by atoms with E-state index in [1.807, 2.05) is 0 Å². The Bertz CT molecular complexity index is 120. The average molecular weight is 171 g/mol. The fraction of sp³-hybridized carbons (Fsp3) is 1.00. The van der Waals surface area contributed by atoms with E-state index >= 15 is 0 Å². The molecule has 64 valence electrons. The van der Waals surface area contributed by atoms with Gasteiger partial charge in [0.05, 0.1) is 4.87 Å². The van der Waals surface area contributed by atoms with Crippen molar-refractivity contribution in [2.45, 2.75) is 43.4 Å². The summed E-state index contributed by atoms with van der Waals surface area (Å²) >= 11 is 2.17. The third-order valence-electron chi connectivity index (χ3n) is 2.84. The van der Waals surface area contributed by atoms with Gasteiger partial charge in [0.25, 0.3) is 0 Å². The van der Waals surface area contributed by atoms with Crippen molar-refractivity contribution in [2.75, 3.05) is 12.3 Å². The van der Waals surface area contributed by atoms with Crippen molar-refractivity contribution in [3.63, 3.8) is 0 Å². The van der Waals surface area contributed by atoms with Crippen LogP contribution in [0.3, 0.4) is 0 Å². The summed E-state index contributed by atoms with van der Waals surface area (Å²) < 4.78 is 0. The summed E-state index contributed by atoms with van der Waals surface area (Å²) in [5.41, 5.74) is 0. The number of hydrogen-bond donors (Lipinski definition) is 1. The summed E-state index contributed by atoms with van der Waals surface area (Å²) in [7, 11) is 0. The van der Waals surface area contributed by atoms with Crippen molar-refractivity contribution in [1.29, 1.82) is 0 Å². The SMILES string of the molecule is C1CCCC2(CC1)NCCS2. The van der Waals surface area contributed by atoms with Crippen LogP contribution in [0.25, 0.3) is 0 Å². The van der Waals surface area contributed by atoms with Gasteiger partial charge in [-0.25, -0.2) is 0 Å². The Labute approximate surface area is 73.3 Å². The van der Waals surface area contributed by atoms with Crippen LogP contribution in [0.2, 0.25) is 0 Å². The molecule has 0 amide bonds. The molecule has 2 fully saturated rings. The number of thioether (sulfide) groups is 1. The smallest absolute Gasteiger partial charge is 0.0645 e. The fourth-order valence-electron chi connectivity index (χ4n) is 2.20. The number of nitrogens with one attached hydrogen (secondary N) is 1. The molecule has 0 aromatic heterocycles. The Hall–Kier alpha value is 0.310. The summed E-state index contributed by atoms with van der Waals surface area (Å²) in [6, 6.07) is 0. The van der Waals surface area contributed by atoms with Crippen molar-refractivity contribution >= 4 is 11.8 Å². The first kappa shape index (κ1) is 7.93. The van der Waals surface area contributed by atoms with E-state index in [9.17, 15) is 0 Å². The molecule has 1 aliphatic carbocycles. The summed E-state index contributed by atoms with van der Waals surface area (Å²) in [5, 5.41) is 3.67. The molecule has 1 saturated carbocycles. The van der Waals surface area contributed by atoms with Crippen LogP contribution in [0.15, 0.2) is 0 Å². The molecule has 1 aliphatic heterocycles. The van der Waals surface area contributed by atoms with Crippen LogP contribution in [0.1, 0.15) is 38.5 Å². The molecule has 1 nitrogen and oxygen atoms in total. The van der Waals surface area contributed by atoms with Crippen LogP contribution < -0.4 is 5.32 Å². The topological polar surface area (TPSA) is 12.0 Å². The van der Waals surface area contributed by atoms with Gasteiger partial charge in [0.2, 0.25) is 0 Å². The van der Waals surface area contributed by atoms with Crippen molar-refractivity contribution < 1.29 is 0 Å². The molecule has 2 aliphatic rings. The molecule has 0 aromatic carbocycles. The first-order valence-electron chi connectivity index (χ1n) is 4.80. The Balaban J connectivity index is 1.97. The van der Waals surface area contributed by atoms with E-state index in [-0.39, 0.29) is 0 Å². The second kappa shape index (κ2) is 3.36. The maximum Gasteiger partial charge on any atom is 0.0645 e. The predicted molar refractivity (Wildman–Crippen MR) is 50.9 cm³/mol. The predicted octanol–water partition coefficient (Wildman–Crippen LogP) is 2.37. The highest BCUT2D eigenvalue weighted by molar-refractivity contribution is 8.00. The zero-order valence-electron chi connectivity index (χ0n) is 7.07. The van der Waals surface area contributed by atoms with Gasteiger partial charge < -0.3 is 5.32 Å². The van der Waals surface area contributed by atoms with E-state index < -0.39 is 0 Å². The maximum absolute atomic E-state index is 3.67. The Morgan fingerprint density at radius 2 is 1.73 bits per heavy atom. The van der Waals surface area contributed by atoms with Gasteiger partial charge in [-0.05, 0) is 12.8 Å². The molecule has 11 heavy (non-hydrogen) atoms. The second-order valence-corrected chi connectivity index (χ2v) is 5.16. The van der Waals surface area contributed by atoms with E-state index in [1.54, 1.807) is 0 Å². The Morgan fingerprint density at radius 1 is 1.00 bits per heavy atom. The zero-order valence-corrected chi connectivity index (χ0v) is 7.88. The number of rotatable bonds is 0. The van der Waals surface area contributed by atoms with Crippen molar-refractivity contribution in [2.24, 2.45) is 0 Å². The second-order valence-electron chi connectivity index (χ2n) is 3.68. The highest BCUT2D eigenvalue weighted by atomic mass is 32.2. The molecule has 2 heteroatoms. The molecule has 1 spiro atoms. The van der Waals surface area contributed by atoms with Crippen LogP contribution in [-0.4, -0.2) is 17.2 Å². The van der Waals surface area contributed by atoms with Gasteiger partial charge in [-0.3, -0.25) is 0 Å². The minimum absolute atomic E-state index is 0.524. The van der Waals surface area contributed by atoms with Gasteiger partial charge >= 0.3 is 0 Å². The molecule has 0 unspecified atom stereocenters. The summed E-state index contributed by atoms with van der Waals surface area (Å²) in [6.45, 7) is 1.24. The van der Waals surface area contributed by atoms with Crippen LogP contribution in [0, 0.1) is 0 Å². The van der Waals surface area contributed by atoms with E-state index in [0.717, 1.165) is 0 Å². The van der Waals surface area contributed by atoms with E-state index in [0.29, 0.717) is 4.87 Å². The van der Waals surface area contributed by atoms with Gasteiger partial charge in [-0.1, -0.05) is 25.7 Å². The lowest BCUT2D eigenvalue weighted by molar-refractivity contribution is 0.446. The summed E-state index contributed by atoms with van der Waals surface area (Å²) in [6.07, 6.45) is 8.64. The van der Waals surface area contributed by atoms with Gasteiger partial charge in [-0.15, -0.1) is 11.8 Å². The zero-order chi connectivity index (χ0) is 7.57. The van der Waals surface area contributed by atoms with Gasteiger partial charge in [-0.2, -0.15) is 0 Å². The lowest BCUT2D eigenvalue weighted by Crippen LogP contribution is -2.36. The highest BCUT2D eigenvalue weighted by Crippen LogP contribution is 2.39. The Kier molecular flexibility index (Phi) is 2.42. The standard InChI is InChI=1S/C9H17NS/c1-2-4-6-9(5-3-1)10-7-8-11-9/h10H,1-8H2. The summed E-state index contributed by atoms with van der Waals surface area (Å²) in [5.74, 6) is 1.33. The molecular formula is C9H17NS. The average Bonchev–Trinajstić information content (AvgIpc) is 2.32. The molecule has 0 bridgehead atoms. The minimum atomic E-state index is 0.524. The first-order valence-corrected chi connectivity index (χ1v) is 5.79. The molecule has 1 heterocycles. The lowest BCUT2D eigenvalue weighted by Gasteiger charge is -2.26. The van der Waals surface area contributed by atoms with Crippen LogP contribution in [0.5, 0.6) is 0 Å². The van der Waals surface area contributed by atoms with Gasteiger partial charge in [0, 0.05) is 12.3 Å². The number of hydrogen-bond acceptors (Lipinski definition) is 2. The van der Waals surface area contributed by atoms with Crippen LogP contribution >= 0.6 is 11.8 Å². The molecular weight excluding hydrogens is 154 g/mol. The lowest BCUT2D eigenvalue weighted by atomic mass is 10.1. The first-order chi connectivity index (χ1) is 5.41. The van der Waals surface area contributed by atoms with Crippen LogP contribution in [-0.2, 0) is 0 Å². The largest absolute Gasteiger partial charge is 0.302 e. The highest BCUT2D eigenvalue weighted by Gasteiger charge is 2.33. The van der Waals surface area contributed by atoms with Gasteiger partial charge in [0.1, 0.15) is 0 Å². The molecule has 0 atom stereocenters. The van der Waals surface area contributed by atoms with Crippen LogP contribution in [0.4, 0.5) is 0 Å². The quantitative estimate of drug-likeness (QED) is 0.600. The molecule has 1 saturated heterocycles. The van der Waals surface area contributed by atoms with Crippen molar-refractivity contribution in [3.05, 3.63) is 0 Å². The monoisotopic (exact) mass is 171 g/mol. The van der Waals surface area contributed by atoms with E-state index in [1.165, 1.54) is 50.8 Å². The third kappa shape index (κ3) is 1.73.